The lowest BCUT2D eigenvalue weighted by molar-refractivity contribution is -0.124. The molecule has 0 heterocycles. The van der Waals surface area contributed by atoms with Gasteiger partial charge in [0.15, 0.2) is 4.90 Å². The van der Waals surface area contributed by atoms with E-state index in [4.69, 9.17) is 5.21 Å². The second kappa shape index (κ2) is 8.19. The average Bonchev–Trinajstić information content (AvgIpc) is 2.60. The zero-order valence-corrected chi connectivity index (χ0v) is 15.4. The molecule has 0 aliphatic rings. The van der Waals surface area contributed by atoms with Gasteiger partial charge < -0.3 is 0 Å². The summed E-state index contributed by atoms with van der Waals surface area (Å²) in [5.74, 6) is -0.697. The Morgan fingerprint density at radius 3 is 2.40 bits per heavy atom. The van der Waals surface area contributed by atoms with Crippen molar-refractivity contribution in [2.75, 3.05) is 17.2 Å². The Morgan fingerprint density at radius 1 is 1.12 bits per heavy atom. The molecule has 132 valence electrons. The van der Waals surface area contributed by atoms with Crippen molar-refractivity contribution in [1.29, 1.82) is 0 Å². The van der Waals surface area contributed by atoms with Gasteiger partial charge in [0, 0.05) is 22.7 Å². The van der Waals surface area contributed by atoms with Crippen molar-refractivity contribution in [2.45, 2.75) is 9.79 Å². The molecule has 0 saturated carbocycles. The zero-order valence-electron chi connectivity index (χ0n) is 13.8. The number of carbonyl (C=O) groups excluding carboxylic acids is 1. The van der Waals surface area contributed by atoms with E-state index in [1.54, 1.807) is 24.3 Å². The number of hydrogen-bond acceptors (Lipinski definition) is 4. The summed E-state index contributed by atoms with van der Waals surface area (Å²) in [6.45, 7) is 0. The van der Waals surface area contributed by atoms with Gasteiger partial charge in [-0.25, -0.2) is 13.9 Å². The van der Waals surface area contributed by atoms with Crippen LogP contribution in [0.3, 0.4) is 0 Å². The zero-order chi connectivity index (χ0) is 18.4. The lowest BCUT2D eigenvalue weighted by Crippen LogP contribution is -2.15. The predicted octanol–water partition coefficient (Wildman–Crippen LogP) is 2.24. The third kappa shape index (κ3) is 5.35. The Hall–Kier alpha value is -2.29. The molecule has 0 radical (unpaired) electrons. The van der Waals surface area contributed by atoms with Gasteiger partial charge in [0.1, 0.15) is 12.5 Å². The molecule has 2 rings (SSSR count). The smallest absolute Gasteiger partial charge is 0.267 e. The molecule has 0 bridgehead atoms. The normalized spacial score (nSPS) is 11.7. The van der Waals surface area contributed by atoms with Gasteiger partial charge in [-0.3, -0.25) is 14.7 Å². The third-order valence-corrected chi connectivity index (χ3v) is 5.88. The summed E-state index contributed by atoms with van der Waals surface area (Å²) in [6, 6.07) is 13.4. The van der Waals surface area contributed by atoms with Crippen molar-refractivity contribution in [3.63, 3.8) is 0 Å². The summed E-state index contributed by atoms with van der Waals surface area (Å²) >= 11 is 0. The number of rotatable bonds is 6. The molecule has 0 aliphatic heterocycles. The second-order valence-electron chi connectivity index (χ2n) is 5.33. The van der Waals surface area contributed by atoms with E-state index in [0.717, 1.165) is 11.0 Å². The molecule has 1 amide bonds. The minimum absolute atomic E-state index is 0.0777. The van der Waals surface area contributed by atoms with Gasteiger partial charge in [-0.15, -0.1) is 0 Å². The molecule has 0 aliphatic carbocycles. The quantitative estimate of drug-likeness (QED) is 0.310. The van der Waals surface area contributed by atoms with Crippen LogP contribution in [-0.4, -0.2) is 32.0 Å². The standard InChI is InChI=1S/C17H18N2O4S2/c1-24(2)15-9-7-14(8-10-15)19-25(22,23)16-5-3-4-13(12-16)6-11-17(20)18-21/h3-12,19H,1-2H3,(H-,18,20,21)/p+1/b11-6+. The Balaban J connectivity index is 2.21. The Bertz CT molecular complexity index is 876. The molecule has 2 aromatic carbocycles. The van der Waals surface area contributed by atoms with E-state index in [1.807, 2.05) is 12.1 Å². The summed E-state index contributed by atoms with van der Waals surface area (Å²) in [5, 5.41) is 8.46. The fourth-order valence-corrected chi connectivity index (χ4v) is 3.80. The van der Waals surface area contributed by atoms with Gasteiger partial charge in [0.2, 0.25) is 0 Å². The molecule has 0 fully saturated rings. The first kappa shape index (κ1) is 19.0. The number of hydrogen-bond donors (Lipinski definition) is 3. The Kier molecular flexibility index (Phi) is 6.24. The number of carbonyl (C=O) groups is 1. The van der Waals surface area contributed by atoms with Crippen LogP contribution in [0, 0.1) is 0 Å². The molecule has 3 N–H and O–H groups in total. The van der Waals surface area contributed by atoms with Crippen LogP contribution >= 0.6 is 0 Å². The topological polar surface area (TPSA) is 95.5 Å². The molecule has 8 heteroatoms. The van der Waals surface area contributed by atoms with E-state index in [-0.39, 0.29) is 15.8 Å². The van der Waals surface area contributed by atoms with E-state index >= 15 is 0 Å². The van der Waals surface area contributed by atoms with Crippen LogP contribution in [0.15, 0.2) is 64.4 Å². The minimum atomic E-state index is -3.74. The van der Waals surface area contributed by atoms with E-state index in [0.29, 0.717) is 11.3 Å². The fourth-order valence-electron chi connectivity index (χ4n) is 2.00. The Morgan fingerprint density at radius 2 is 1.80 bits per heavy atom. The van der Waals surface area contributed by atoms with Crippen LogP contribution in [0.5, 0.6) is 0 Å². The van der Waals surface area contributed by atoms with Crippen molar-refractivity contribution in [3.05, 3.63) is 60.2 Å². The van der Waals surface area contributed by atoms with Gasteiger partial charge >= 0.3 is 0 Å². The summed E-state index contributed by atoms with van der Waals surface area (Å²) in [6.07, 6.45) is 6.69. The van der Waals surface area contributed by atoms with E-state index in [9.17, 15) is 13.2 Å². The van der Waals surface area contributed by atoms with Crippen molar-refractivity contribution in [2.24, 2.45) is 0 Å². The maximum Gasteiger partial charge on any atom is 0.267 e. The Labute approximate surface area is 149 Å². The highest BCUT2D eigenvalue weighted by Crippen LogP contribution is 2.19. The van der Waals surface area contributed by atoms with Crippen LogP contribution < -0.4 is 10.2 Å². The maximum atomic E-state index is 12.5. The first-order chi connectivity index (χ1) is 11.8. The van der Waals surface area contributed by atoms with Crippen molar-refractivity contribution in [3.8, 4) is 0 Å². The van der Waals surface area contributed by atoms with Crippen molar-refractivity contribution < 1.29 is 18.4 Å². The molecule has 0 unspecified atom stereocenters. The fraction of sp³-hybridized carbons (Fsp3) is 0.118. The molecule has 0 spiro atoms. The maximum absolute atomic E-state index is 12.5. The molecule has 0 saturated heterocycles. The van der Waals surface area contributed by atoms with Crippen LogP contribution in [0.2, 0.25) is 0 Å². The van der Waals surface area contributed by atoms with Gasteiger partial charge in [0.05, 0.1) is 4.90 Å². The molecule has 2 aromatic rings. The van der Waals surface area contributed by atoms with Gasteiger partial charge in [-0.05, 0) is 48.0 Å². The molecule has 0 atom stereocenters. The monoisotopic (exact) mass is 379 g/mol. The third-order valence-electron chi connectivity index (χ3n) is 3.28. The number of anilines is 1. The molecular weight excluding hydrogens is 360 g/mol. The molecular formula is C17H19N2O4S2+. The van der Waals surface area contributed by atoms with Crippen LogP contribution in [0.25, 0.3) is 6.08 Å². The number of sulfonamides is 1. The number of benzene rings is 2. The van der Waals surface area contributed by atoms with E-state index in [1.165, 1.54) is 23.7 Å². The molecule has 0 aromatic heterocycles. The predicted molar refractivity (Wildman–Crippen MR) is 100 cm³/mol. The van der Waals surface area contributed by atoms with Gasteiger partial charge in [0.25, 0.3) is 15.9 Å². The van der Waals surface area contributed by atoms with Crippen LogP contribution in [0.1, 0.15) is 5.56 Å². The first-order valence-corrected chi connectivity index (χ1v) is 10.8. The number of hydroxylamine groups is 1. The summed E-state index contributed by atoms with van der Waals surface area (Å²) in [7, 11) is -3.64. The minimum Gasteiger partial charge on any atom is -0.288 e. The van der Waals surface area contributed by atoms with Gasteiger partial charge in [-0.2, -0.15) is 0 Å². The van der Waals surface area contributed by atoms with Crippen LogP contribution in [-0.2, 0) is 25.7 Å². The lowest BCUT2D eigenvalue weighted by atomic mass is 10.2. The molecule has 6 nitrogen and oxygen atoms in total. The highest BCUT2D eigenvalue weighted by atomic mass is 32.2. The van der Waals surface area contributed by atoms with E-state index < -0.39 is 15.9 Å². The van der Waals surface area contributed by atoms with Crippen molar-refractivity contribution in [1.82, 2.24) is 5.48 Å². The SMILES string of the molecule is C[S+](C)c1ccc(NS(=O)(=O)c2cccc(/C=C/C(=O)NO)c2)cc1. The highest BCUT2D eigenvalue weighted by molar-refractivity contribution is 7.95. The van der Waals surface area contributed by atoms with E-state index in [2.05, 4.69) is 17.2 Å². The lowest BCUT2D eigenvalue weighted by Gasteiger charge is -2.09. The van der Waals surface area contributed by atoms with Gasteiger partial charge in [-0.1, -0.05) is 12.1 Å². The van der Waals surface area contributed by atoms with Crippen molar-refractivity contribution >= 4 is 38.6 Å². The largest absolute Gasteiger partial charge is 0.288 e. The highest BCUT2D eigenvalue weighted by Gasteiger charge is 2.15. The molecule has 25 heavy (non-hydrogen) atoms. The first-order valence-electron chi connectivity index (χ1n) is 7.24. The summed E-state index contributed by atoms with van der Waals surface area (Å²) < 4.78 is 27.6. The second-order valence-corrected chi connectivity index (χ2v) is 9.12. The number of nitrogens with one attached hydrogen (secondary N) is 2. The number of amides is 1. The average molecular weight is 379 g/mol. The van der Waals surface area contributed by atoms with Crippen LogP contribution in [0.4, 0.5) is 5.69 Å². The summed E-state index contributed by atoms with van der Waals surface area (Å²) in [5.41, 5.74) is 2.47. The summed E-state index contributed by atoms with van der Waals surface area (Å²) in [4.78, 5) is 12.2.